The SMILES string of the molecule is Nc1nc(=O)n([C@@H]2O[C@H](COC(=O)c3ccccc3)[C@@H](OC(=O)c3ccccc3)[C@H]2OC(=O)c2ccccc2)cc1F. The minimum atomic E-state index is -1.54. The fourth-order valence-electron chi connectivity index (χ4n) is 4.32. The summed E-state index contributed by atoms with van der Waals surface area (Å²) in [5, 5.41) is 0. The third kappa shape index (κ3) is 6.18. The van der Waals surface area contributed by atoms with Crippen molar-refractivity contribution in [2.75, 3.05) is 12.3 Å². The highest BCUT2D eigenvalue weighted by Gasteiger charge is 2.52. The molecule has 214 valence electrons. The number of carbonyl (C=O) groups is 3. The molecule has 0 amide bonds. The van der Waals surface area contributed by atoms with Crippen LogP contribution < -0.4 is 11.4 Å². The molecule has 2 heterocycles. The largest absolute Gasteiger partial charge is 0.459 e. The van der Waals surface area contributed by atoms with Crippen LogP contribution in [-0.2, 0) is 18.9 Å². The van der Waals surface area contributed by atoms with Gasteiger partial charge in [0.2, 0.25) is 0 Å². The van der Waals surface area contributed by atoms with E-state index in [0.29, 0.717) is 0 Å². The molecular formula is C30H24FN3O8. The van der Waals surface area contributed by atoms with Crippen molar-refractivity contribution in [1.82, 2.24) is 9.55 Å². The van der Waals surface area contributed by atoms with Crippen LogP contribution in [0.3, 0.4) is 0 Å². The summed E-state index contributed by atoms with van der Waals surface area (Å²) in [7, 11) is 0. The molecule has 12 heteroatoms. The number of esters is 3. The van der Waals surface area contributed by atoms with E-state index in [1.807, 2.05) is 0 Å². The van der Waals surface area contributed by atoms with Crippen LogP contribution in [0.5, 0.6) is 0 Å². The van der Waals surface area contributed by atoms with Crippen LogP contribution in [0.15, 0.2) is 102 Å². The Morgan fingerprint density at radius 1 is 0.786 bits per heavy atom. The quantitative estimate of drug-likeness (QED) is 0.246. The summed E-state index contributed by atoms with van der Waals surface area (Å²) in [5.74, 6) is -4.03. The lowest BCUT2D eigenvalue weighted by Crippen LogP contribution is -2.42. The molecule has 5 rings (SSSR count). The normalized spacial score (nSPS) is 19.5. The molecule has 0 unspecified atom stereocenters. The van der Waals surface area contributed by atoms with E-state index in [1.54, 1.807) is 66.7 Å². The van der Waals surface area contributed by atoms with Gasteiger partial charge in [-0.2, -0.15) is 4.98 Å². The third-order valence-electron chi connectivity index (χ3n) is 6.39. The molecule has 0 aliphatic carbocycles. The topological polar surface area (TPSA) is 149 Å². The molecular weight excluding hydrogens is 549 g/mol. The Morgan fingerprint density at radius 2 is 1.26 bits per heavy atom. The van der Waals surface area contributed by atoms with E-state index < -0.39 is 66.4 Å². The smallest absolute Gasteiger partial charge is 0.351 e. The van der Waals surface area contributed by atoms with Crippen molar-refractivity contribution in [3.63, 3.8) is 0 Å². The molecule has 11 nitrogen and oxygen atoms in total. The minimum absolute atomic E-state index is 0.150. The number of halogens is 1. The maximum Gasteiger partial charge on any atom is 0.351 e. The fraction of sp³-hybridized carbons (Fsp3) is 0.167. The zero-order valence-corrected chi connectivity index (χ0v) is 21.9. The summed E-state index contributed by atoms with van der Waals surface area (Å²) in [6.45, 7) is -0.476. The molecule has 1 aliphatic heterocycles. The van der Waals surface area contributed by atoms with Crippen LogP contribution in [0.4, 0.5) is 10.2 Å². The Morgan fingerprint density at radius 3 is 1.79 bits per heavy atom. The lowest BCUT2D eigenvalue weighted by molar-refractivity contribution is -0.0642. The summed E-state index contributed by atoms with van der Waals surface area (Å²) in [5.41, 5.74) is 5.00. The highest BCUT2D eigenvalue weighted by atomic mass is 19.1. The predicted octanol–water partition coefficient (Wildman–Crippen LogP) is 3.17. The molecule has 0 saturated carbocycles. The van der Waals surface area contributed by atoms with Gasteiger partial charge in [-0.3, -0.25) is 4.57 Å². The van der Waals surface area contributed by atoms with Gasteiger partial charge in [-0.05, 0) is 36.4 Å². The van der Waals surface area contributed by atoms with E-state index in [4.69, 9.17) is 24.7 Å². The number of aromatic nitrogens is 2. The van der Waals surface area contributed by atoms with Gasteiger partial charge >= 0.3 is 23.6 Å². The number of carbonyl (C=O) groups excluding carboxylic acids is 3. The first-order valence-corrected chi connectivity index (χ1v) is 12.8. The highest BCUT2D eigenvalue weighted by Crippen LogP contribution is 2.35. The van der Waals surface area contributed by atoms with Gasteiger partial charge in [-0.25, -0.2) is 23.6 Å². The summed E-state index contributed by atoms with van der Waals surface area (Å²) >= 11 is 0. The van der Waals surface area contributed by atoms with E-state index >= 15 is 0 Å². The van der Waals surface area contributed by atoms with Gasteiger partial charge in [0.15, 0.2) is 30.1 Å². The van der Waals surface area contributed by atoms with Gasteiger partial charge in [0.25, 0.3) is 0 Å². The van der Waals surface area contributed by atoms with Crippen LogP contribution in [-0.4, -0.2) is 52.4 Å². The number of nitrogens with two attached hydrogens (primary N) is 1. The van der Waals surface area contributed by atoms with Crippen LogP contribution in [0.2, 0.25) is 0 Å². The van der Waals surface area contributed by atoms with Crippen molar-refractivity contribution in [2.24, 2.45) is 0 Å². The lowest BCUT2D eigenvalue weighted by atomic mass is 10.1. The molecule has 1 saturated heterocycles. The van der Waals surface area contributed by atoms with Crippen molar-refractivity contribution in [1.29, 1.82) is 0 Å². The van der Waals surface area contributed by atoms with Crippen molar-refractivity contribution in [3.05, 3.63) is 130 Å². The van der Waals surface area contributed by atoms with Crippen molar-refractivity contribution >= 4 is 23.7 Å². The second-order valence-electron chi connectivity index (χ2n) is 9.17. The second kappa shape index (κ2) is 12.4. The van der Waals surface area contributed by atoms with Gasteiger partial charge in [0.1, 0.15) is 12.7 Å². The summed E-state index contributed by atoms with van der Waals surface area (Å²) in [6, 6.07) is 24.0. The summed E-state index contributed by atoms with van der Waals surface area (Å²) in [4.78, 5) is 55.2. The number of benzene rings is 3. The van der Waals surface area contributed by atoms with E-state index in [-0.39, 0.29) is 16.7 Å². The fourth-order valence-corrected chi connectivity index (χ4v) is 4.32. The number of hydrogen-bond donors (Lipinski definition) is 1. The number of nitrogens with zero attached hydrogens (tertiary/aromatic N) is 2. The van der Waals surface area contributed by atoms with E-state index in [1.165, 1.54) is 24.3 Å². The Bertz CT molecular complexity index is 1630. The molecule has 0 radical (unpaired) electrons. The van der Waals surface area contributed by atoms with Gasteiger partial charge < -0.3 is 24.7 Å². The van der Waals surface area contributed by atoms with Gasteiger partial charge in [-0.15, -0.1) is 0 Å². The lowest BCUT2D eigenvalue weighted by Gasteiger charge is -2.25. The number of anilines is 1. The second-order valence-corrected chi connectivity index (χ2v) is 9.17. The number of hydrogen-bond acceptors (Lipinski definition) is 10. The molecule has 0 bridgehead atoms. The van der Waals surface area contributed by atoms with E-state index in [0.717, 1.165) is 10.8 Å². The Kier molecular flexibility index (Phi) is 8.34. The molecule has 42 heavy (non-hydrogen) atoms. The van der Waals surface area contributed by atoms with Gasteiger partial charge in [0.05, 0.1) is 22.9 Å². The van der Waals surface area contributed by atoms with Crippen molar-refractivity contribution in [2.45, 2.75) is 24.5 Å². The summed E-state index contributed by atoms with van der Waals surface area (Å²) in [6.07, 6.45) is -4.97. The first kappa shape index (κ1) is 28.2. The molecule has 3 aromatic carbocycles. The Labute approximate surface area is 238 Å². The zero-order valence-electron chi connectivity index (χ0n) is 21.9. The predicted molar refractivity (Wildman–Crippen MR) is 145 cm³/mol. The average Bonchev–Trinajstić information content (AvgIpc) is 3.34. The molecule has 1 aliphatic rings. The monoisotopic (exact) mass is 573 g/mol. The summed E-state index contributed by atoms with van der Waals surface area (Å²) < 4.78 is 38.1. The number of rotatable bonds is 8. The van der Waals surface area contributed by atoms with Gasteiger partial charge in [-0.1, -0.05) is 54.6 Å². The number of ether oxygens (including phenoxy) is 4. The maximum absolute atomic E-state index is 14.5. The maximum atomic E-state index is 14.5. The standard InChI is InChI=1S/C30H24FN3O8/c31-21-16-34(30(38)33-25(21)32)26-24(42-29(37)20-14-8-3-9-15-20)23(41-28(36)19-12-6-2-7-13-19)22(40-26)17-39-27(35)18-10-4-1-5-11-18/h1-16,22-24,26H,17H2,(H2,32,33,38)/t22-,23-,24-,26-/m1/s1. The molecule has 1 fully saturated rings. The van der Waals surface area contributed by atoms with Crippen LogP contribution in [0.25, 0.3) is 0 Å². The third-order valence-corrected chi connectivity index (χ3v) is 6.39. The van der Waals surface area contributed by atoms with E-state index in [9.17, 15) is 23.6 Å². The van der Waals surface area contributed by atoms with Crippen molar-refractivity contribution < 1.29 is 37.7 Å². The number of nitrogen functional groups attached to an aromatic ring is 1. The molecule has 4 atom stereocenters. The zero-order chi connectivity index (χ0) is 29.6. The first-order valence-electron chi connectivity index (χ1n) is 12.8. The highest BCUT2D eigenvalue weighted by molar-refractivity contribution is 5.91. The van der Waals surface area contributed by atoms with Crippen molar-refractivity contribution in [3.8, 4) is 0 Å². The van der Waals surface area contributed by atoms with Gasteiger partial charge in [0, 0.05) is 0 Å². The Hall–Kier alpha value is -5.36. The van der Waals surface area contributed by atoms with E-state index in [2.05, 4.69) is 4.98 Å². The molecule has 0 spiro atoms. The molecule has 4 aromatic rings. The van der Waals surface area contributed by atoms with Crippen LogP contribution >= 0.6 is 0 Å². The molecule has 2 N–H and O–H groups in total. The average molecular weight is 574 g/mol. The first-order chi connectivity index (χ1) is 20.3. The Balaban J connectivity index is 1.51. The van der Waals surface area contributed by atoms with Crippen LogP contribution in [0, 0.1) is 5.82 Å². The molecule has 1 aromatic heterocycles. The minimum Gasteiger partial charge on any atom is -0.459 e. The van der Waals surface area contributed by atoms with Crippen LogP contribution in [0.1, 0.15) is 37.3 Å².